The van der Waals surface area contributed by atoms with Crippen LogP contribution in [-0.2, 0) is 4.74 Å². The minimum absolute atomic E-state index is 0. The summed E-state index contributed by atoms with van der Waals surface area (Å²) in [7, 11) is 0. The summed E-state index contributed by atoms with van der Waals surface area (Å²) in [4.78, 5) is 20.5. The molecule has 0 bridgehead atoms. The van der Waals surface area contributed by atoms with Crippen molar-refractivity contribution in [2.45, 2.75) is 51.6 Å². The van der Waals surface area contributed by atoms with Crippen molar-refractivity contribution in [3.8, 4) is 0 Å². The summed E-state index contributed by atoms with van der Waals surface area (Å²) >= 11 is 0. The van der Waals surface area contributed by atoms with Crippen LogP contribution in [0, 0.1) is 0 Å². The van der Waals surface area contributed by atoms with Gasteiger partial charge < -0.3 is 20.7 Å². The van der Waals surface area contributed by atoms with E-state index in [-0.39, 0.29) is 29.9 Å². The number of carbonyl (C=O) groups is 1. The lowest BCUT2D eigenvalue weighted by atomic mass is 10.1. The first-order valence-electron chi connectivity index (χ1n) is 10.1. The topological polar surface area (TPSA) is 87.6 Å². The third kappa shape index (κ3) is 10.2. The van der Waals surface area contributed by atoms with Gasteiger partial charge in [0.15, 0.2) is 5.96 Å². The SMILES string of the molecule is CCNC(=NCCOC1CCCCCC1)NCCNC(=O)c1cccnc1.I. The molecule has 0 radical (unpaired) electrons. The van der Waals surface area contributed by atoms with E-state index in [1.54, 1.807) is 24.5 Å². The van der Waals surface area contributed by atoms with E-state index in [2.05, 4.69) is 25.9 Å². The molecule has 158 valence electrons. The molecule has 1 aromatic rings. The Morgan fingerprint density at radius 2 is 1.93 bits per heavy atom. The predicted octanol–water partition coefficient (Wildman–Crippen LogP) is 2.72. The molecule has 0 spiro atoms. The molecule has 2 rings (SSSR count). The fraction of sp³-hybridized carbons (Fsp3) is 0.650. The summed E-state index contributed by atoms with van der Waals surface area (Å²) in [5.74, 6) is 0.626. The molecular weight excluding hydrogens is 469 g/mol. The number of rotatable bonds is 9. The number of hydrogen-bond donors (Lipinski definition) is 3. The number of amides is 1. The smallest absolute Gasteiger partial charge is 0.252 e. The van der Waals surface area contributed by atoms with Crippen LogP contribution in [0.25, 0.3) is 0 Å². The van der Waals surface area contributed by atoms with Gasteiger partial charge in [-0.2, -0.15) is 0 Å². The summed E-state index contributed by atoms with van der Waals surface area (Å²) in [6.07, 6.45) is 11.2. The summed E-state index contributed by atoms with van der Waals surface area (Å²) in [5.41, 5.74) is 0.564. The van der Waals surface area contributed by atoms with Crippen molar-refractivity contribution in [2.24, 2.45) is 4.99 Å². The predicted molar refractivity (Wildman–Crippen MR) is 123 cm³/mol. The Hall–Kier alpha value is -1.42. The number of nitrogens with one attached hydrogen (secondary N) is 3. The average Bonchev–Trinajstić information content (AvgIpc) is 2.97. The lowest BCUT2D eigenvalue weighted by Gasteiger charge is -2.15. The van der Waals surface area contributed by atoms with Crippen molar-refractivity contribution < 1.29 is 9.53 Å². The second-order valence-electron chi connectivity index (χ2n) is 6.67. The van der Waals surface area contributed by atoms with Crippen molar-refractivity contribution in [3.63, 3.8) is 0 Å². The Morgan fingerprint density at radius 1 is 1.18 bits per heavy atom. The van der Waals surface area contributed by atoms with E-state index >= 15 is 0 Å². The van der Waals surface area contributed by atoms with Crippen LogP contribution in [0.3, 0.4) is 0 Å². The van der Waals surface area contributed by atoms with Crippen LogP contribution in [0.2, 0.25) is 0 Å². The first-order valence-corrected chi connectivity index (χ1v) is 10.1. The highest BCUT2D eigenvalue weighted by molar-refractivity contribution is 14.0. The first-order chi connectivity index (χ1) is 13.3. The highest BCUT2D eigenvalue weighted by Gasteiger charge is 2.12. The Balaban J connectivity index is 0.00000392. The molecule has 1 aliphatic carbocycles. The first kappa shape index (κ1) is 24.6. The molecule has 28 heavy (non-hydrogen) atoms. The molecule has 7 nitrogen and oxygen atoms in total. The van der Waals surface area contributed by atoms with Crippen LogP contribution >= 0.6 is 24.0 Å². The molecule has 3 N–H and O–H groups in total. The lowest BCUT2D eigenvalue weighted by Crippen LogP contribution is -2.41. The standard InChI is InChI=1S/C20H33N5O2.HI/c1-2-22-20(25-14-15-27-18-9-5-3-4-6-10-18)24-13-12-23-19(26)17-8-7-11-21-16-17;/h7-8,11,16,18H,2-6,9-10,12-15H2,1H3,(H,23,26)(H2,22,24,25);1H. The number of aromatic nitrogens is 1. The quantitative estimate of drug-likeness (QED) is 0.159. The second kappa shape index (κ2) is 15.5. The number of guanidine groups is 1. The number of hydrogen-bond acceptors (Lipinski definition) is 4. The largest absolute Gasteiger partial charge is 0.376 e. The molecule has 8 heteroatoms. The Bertz CT molecular complexity index is 563. The van der Waals surface area contributed by atoms with E-state index in [4.69, 9.17) is 4.74 Å². The van der Waals surface area contributed by atoms with E-state index in [1.165, 1.54) is 38.5 Å². The molecule has 0 aliphatic heterocycles. The second-order valence-corrected chi connectivity index (χ2v) is 6.67. The van der Waals surface area contributed by atoms with Crippen molar-refractivity contribution in [2.75, 3.05) is 32.8 Å². The summed E-state index contributed by atoms with van der Waals surface area (Å²) < 4.78 is 5.97. The molecule has 0 aromatic carbocycles. The van der Waals surface area contributed by atoms with E-state index in [0.29, 0.717) is 37.9 Å². The van der Waals surface area contributed by atoms with Gasteiger partial charge in [0.25, 0.3) is 5.91 Å². The van der Waals surface area contributed by atoms with Crippen molar-refractivity contribution >= 4 is 35.8 Å². The molecule has 0 saturated heterocycles. The maximum Gasteiger partial charge on any atom is 0.252 e. The molecule has 1 fully saturated rings. The molecule has 0 atom stereocenters. The van der Waals surface area contributed by atoms with Crippen LogP contribution in [-0.4, -0.2) is 55.7 Å². The molecule has 0 unspecified atom stereocenters. The summed E-state index contributed by atoms with van der Waals surface area (Å²) in [6, 6.07) is 3.50. The minimum atomic E-state index is -0.122. The van der Waals surface area contributed by atoms with E-state index in [1.807, 2.05) is 6.92 Å². The fourth-order valence-electron chi connectivity index (χ4n) is 3.08. The highest BCUT2D eigenvalue weighted by atomic mass is 127. The third-order valence-electron chi connectivity index (χ3n) is 4.49. The van der Waals surface area contributed by atoms with Crippen molar-refractivity contribution in [3.05, 3.63) is 30.1 Å². The lowest BCUT2D eigenvalue weighted by molar-refractivity contribution is 0.0487. The fourth-order valence-corrected chi connectivity index (χ4v) is 3.08. The third-order valence-corrected chi connectivity index (χ3v) is 4.49. The van der Waals surface area contributed by atoms with E-state index in [0.717, 1.165) is 12.5 Å². The zero-order valence-electron chi connectivity index (χ0n) is 16.8. The summed E-state index contributed by atoms with van der Waals surface area (Å²) in [6.45, 7) is 5.21. The van der Waals surface area contributed by atoms with Gasteiger partial charge in [0.05, 0.1) is 24.8 Å². The van der Waals surface area contributed by atoms with E-state index in [9.17, 15) is 4.79 Å². The maximum absolute atomic E-state index is 12.0. The van der Waals surface area contributed by atoms with Gasteiger partial charge in [-0.15, -0.1) is 24.0 Å². The van der Waals surface area contributed by atoms with Gasteiger partial charge in [-0.25, -0.2) is 0 Å². The molecular formula is C20H34IN5O2. The van der Waals surface area contributed by atoms with Gasteiger partial charge in [0.1, 0.15) is 0 Å². The van der Waals surface area contributed by atoms with Gasteiger partial charge in [-0.3, -0.25) is 14.8 Å². The van der Waals surface area contributed by atoms with Gasteiger partial charge in [-0.1, -0.05) is 25.7 Å². The van der Waals surface area contributed by atoms with Crippen LogP contribution in [0.15, 0.2) is 29.5 Å². The van der Waals surface area contributed by atoms with Gasteiger partial charge in [0.2, 0.25) is 0 Å². The minimum Gasteiger partial charge on any atom is -0.376 e. The highest BCUT2D eigenvalue weighted by Crippen LogP contribution is 2.19. The Morgan fingerprint density at radius 3 is 2.61 bits per heavy atom. The van der Waals surface area contributed by atoms with Crippen LogP contribution in [0.1, 0.15) is 55.8 Å². The number of carbonyl (C=O) groups excluding carboxylic acids is 1. The molecule has 1 saturated carbocycles. The van der Waals surface area contributed by atoms with Gasteiger partial charge in [-0.05, 0) is 31.9 Å². The molecule has 1 aromatic heterocycles. The van der Waals surface area contributed by atoms with Gasteiger partial charge in [0, 0.05) is 32.0 Å². The molecule has 1 amide bonds. The molecule has 1 aliphatic rings. The van der Waals surface area contributed by atoms with Crippen molar-refractivity contribution in [1.29, 1.82) is 0 Å². The van der Waals surface area contributed by atoms with Crippen LogP contribution in [0.5, 0.6) is 0 Å². The van der Waals surface area contributed by atoms with Gasteiger partial charge >= 0.3 is 0 Å². The number of nitrogens with zero attached hydrogens (tertiary/aromatic N) is 2. The summed E-state index contributed by atoms with van der Waals surface area (Å²) in [5, 5.41) is 9.30. The normalized spacial score (nSPS) is 15.2. The number of halogens is 1. The Kier molecular flexibility index (Phi) is 13.6. The van der Waals surface area contributed by atoms with E-state index < -0.39 is 0 Å². The van der Waals surface area contributed by atoms with Crippen LogP contribution < -0.4 is 16.0 Å². The zero-order valence-corrected chi connectivity index (χ0v) is 19.1. The average molecular weight is 503 g/mol. The number of ether oxygens (including phenoxy) is 1. The molecule has 1 heterocycles. The Labute approximate surface area is 185 Å². The number of aliphatic imine (C=N–C) groups is 1. The zero-order chi connectivity index (χ0) is 19.2. The number of pyridine rings is 1. The monoisotopic (exact) mass is 503 g/mol. The van der Waals surface area contributed by atoms with Crippen LogP contribution in [0.4, 0.5) is 0 Å². The maximum atomic E-state index is 12.0. The van der Waals surface area contributed by atoms with Crippen molar-refractivity contribution in [1.82, 2.24) is 20.9 Å².